The van der Waals surface area contributed by atoms with Crippen molar-refractivity contribution in [2.24, 2.45) is 4.99 Å². The van der Waals surface area contributed by atoms with Crippen molar-refractivity contribution in [3.05, 3.63) is 58.0 Å². The zero-order valence-electron chi connectivity index (χ0n) is 20.4. The van der Waals surface area contributed by atoms with Crippen LogP contribution in [0.1, 0.15) is 63.1 Å². The second-order valence-electron chi connectivity index (χ2n) is 9.49. The topological polar surface area (TPSA) is 53.9 Å². The van der Waals surface area contributed by atoms with Gasteiger partial charge in [0.15, 0.2) is 5.17 Å². The van der Waals surface area contributed by atoms with Gasteiger partial charge in [-0.1, -0.05) is 32.0 Å². The Kier molecular flexibility index (Phi) is 6.57. The van der Waals surface area contributed by atoms with Crippen molar-refractivity contribution >= 4 is 40.3 Å². The summed E-state index contributed by atoms with van der Waals surface area (Å²) in [4.78, 5) is 20.5. The van der Waals surface area contributed by atoms with E-state index >= 15 is 0 Å². The number of nitrogens with zero attached hydrogens (tertiary/aromatic N) is 2. The van der Waals surface area contributed by atoms with E-state index in [4.69, 9.17) is 4.74 Å². The highest BCUT2D eigenvalue weighted by molar-refractivity contribution is 8.18. The Balaban J connectivity index is 1.71. The third-order valence-electron chi connectivity index (χ3n) is 6.46. The molecule has 1 amide bonds. The first-order chi connectivity index (χ1) is 15.7. The Hall–Kier alpha value is -2.73. The van der Waals surface area contributed by atoms with Crippen LogP contribution in [0.15, 0.2) is 46.3 Å². The summed E-state index contributed by atoms with van der Waals surface area (Å²) in [7, 11) is 1.69. The quantitative estimate of drug-likeness (QED) is 0.522. The number of aryl methyl sites for hydroxylation is 1. The van der Waals surface area contributed by atoms with Crippen LogP contribution >= 0.6 is 11.8 Å². The van der Waals surface area contributed by atoms with E-state index in [9.17, 15) is 4.79 Å². The lowest BCUT2D eigenvalue weighted by molar-refractivity contribution is -0.115. The summed E-state index contributed by atoms with van der Waals surface area (Å²) in [5.74, 6) is 1.08. The van der Waals surface area contributed by atoms with E-state index in [1.807, 2.05) is 37.3 Å². The zero-order valence-corrected chi connectivity index (χ0v) is 21.2. The maximum Gasteiger partial charge on any atom is 0.264 e. The van der Waals surface area contributed by atoms with E-state index in [-0.39, 0.29) is 11.4 Å². The fourth-order valence-corrected chi connectivity index (χ4v) is 5.71. The van der Waals surface area contributed by atoms with Gasteiger partial charge in [0.1, 0.15) is 5.75 Å². The lowest BCUT2D eigenvalue weighted by atomic mass is 9.79. The van der Waals surface area contributed by atoms with Crippen molar-refractivity contribution in [1.29, 1.82) is 0 Å². The average molecular weight is 464 g/mol. The van der Waals surface area contributed by atoms with Gasteiger partial charge in [0.25, 0.3) is 5.91 Å². The Morgan fingerprint density at radius 3 is 2.76 bits per heavy atom. The first-order valence-corrected chi connectivity index (χ1v) is 12.4. The lowest BCUT2D eigenvalue weighted by Gasteiger charge is -2.47. The number of amidine groups is 1. The standard InChI is InChI=1S/C27H33N3O2S/c1-7-12-30-22-15-23(32-6)19(13-20(22)18(3)16-27(30,4)5)14-24-25(31)29-26(33-24)28-21-11-9-8-10-17(21)2/h8-11,13-15,18H,7,12,16H2,1-6H3,(H,28,29,31)/b24-14+. The molecule has 2 aromatic rings. The summed E-state index contributed by atoms with van der Waals surface area (Å²) < 4.78 is 5.78. The summed E-state index contributed by atoms with van der Waals surface area (Å²) in [6.07, 6.45) is 4.10. The van der Waals surface area contributed by atoms with E-state index in [2.05, 4.69) is 55.0 Å². The number of nitrogens with one attached hydrogen (secondary N) is 1. The molecular weight excluding hydrogens is 430 g/mol. The second-order valence-corrected chi connectivity index (χ2v) is 10.5. The molecular formula is C27H33N3O2S. The maximum atomic E-state index is 12.7. The van der Waals surface area contributed by atoms with Gasteiger partial charge in [0.2, 0.25) is 0 Å². The van der Waals surface area contributed by atoms with Gasteiger partial charge in [0.05, 0.1) is 17.7 Å². The molecule has 4 rings (SSSR count). The van der Waals surface area contributed by atoms with Gasteiger partial charge in [-0.15, -0.1) is 0 Å². The molecule has 0 radical (unpaired) electrons. The molecule has 0 spiro atoms. The van der Waals surface area contributed by atoms with Crippen LogP contribution in [0, 0.1) is 6.92 Å². The number of carbonyl (C=O) groups is 1. The number of hydrogen-bond donors (Lipinski definition) is 1. The van der Waals surface area contributed by atoms with Gasteiger partial charge in [-0.2, -0.15) is 0 Å². The number of fused-ring (bicyclic) bond motifs is 1. The molecule has 0 bridgehead atoms. The van der Waals surface area contributed by atoms with E-state index in [1.165, 1.54) is 23.0 Å². The van der Waals surface area contributed by atoms with Crippen LogP contribution in [0.2, 0.25) is 0 Å². The van der Waals surface area contributed by atoms with Crippen LogP contribution in [-0.4, -0.2) is 30.3 Å². The van der Waals surface area contributed by atoms with Crippen molar-refractivity contribution in [1.82, 2.24) is 5.32 Å². The zero-order chi connectivity index (χ0) is 23.8. The van der Waals surface area contributed by atoms with E-state index in [0.29, 0.717) is 16.0 Å². The van der Waals surface area contributed by atoms with Crippen LogP contribution < -0.4 is 15.0 Å². The van der Waals surface area contributed by atoms with Gasteiger partial charge < -0.3 is 15.0 Å². The van der Waals surface area contributed by atoms with Crippen LogP contribution in [0.25, 0.3) is 6.08 Å². The molecule has 5 nitrogen and oxygen atoms in total. The number of carbonyl (C=O) groups excluding carboxylic acids is 1. The first-order valence-electron chi connectivity index (χ1n) is 11.6. The van der Waals surface area contributed by atoms with Crippen molar-refractivity contribution in [2.45, 2.75) is 58.9 Å². The normalized spacial score (nSPS) is 21.9. The Labute approximate surface area is 201 Å². The van der Waals surface area contributed by atoms with Crippen LogP contribution in [-0.2, 0) is 4.79 Å². The van der Waals surface area contributed by atoms with E-state index < -0.39 is 0 Å². The number of rotatable bonds is 5. The van der Waals surface area contributed by atoms with Gasteiger partial charge in [-0.25, -0.2) is 4.99 Å². The third kappa shape index (κ3) is 4.67. The molecule has 174 valence electrons. The minimum Gasteiger partial charge on any atom is -0.496 e. The van der Waals surface area contributed by atoms with Gasteiger partial charge in [-0.3, -0.25) is 4.79 Å². The van der Waals surface area contributed by atoms with Crippen LogP contribution in [0.4, 0.5) is 11.4 Å². The van der Waals surface area contributed by atoms with Crippen molar-refractivity contribution < 1.29 is 9.53 Å². The molecule has 2 aromatic carbocycles. The summed E-state index contributed by atoms with van der Waals surface area (Å²) in [5, 5.41) is 3.50. The molecule has 0 saturated carbocycles. The van der Waals surface area contributed by atoms with E-state index in [0.717, 1.165) is 42.0 Å². The molecule has 0 aromatic heterocycles. The summed E-state index contributed by atoms with van der Waals surface area (Å²) >= 11 is 1.37. The fourth-order valence-electron chi connectivity index (χ4n) is 4.88. The molecule has 2 aliphatic heterocycles. The number of para-hydroxylation sites is 1. The second kappa shape index (κ2) is 9.26. The van der Waals surface area contributed by atoms with Crippen LogP contribution in [0.3, 0.4) is 0 Å². The van der Waals surface area contributed by atoms with Crippen molar-refractivity contribution in [2.75, 3.05) is 18.6 Å². The molecule has 1 atom stereocenters. The Bertz CT molecular complexity index is 1140. The van der Waals surface area contributed by atoms with Crippen molar-refractivity contribution in [3.63, 3.8) is 0 Å². The number of methoxy groups -OCH3 is 1. The highest BCUT2D eigenvalue weighted by atomic mass is 32.2. The summed E-state index contributed by atoms with van der Waals surface area (Å²) in [6, 6.07) is 12.3. The summed E-state index contributed by atoms with van der Waals surface area (Å²) in [6.45, 7) is 12.2. The average Bonchev–Trinajstić information content (AvgIpc) is 3.11. The monoisotopic (exact) mass is 463 g/mol. The predicted molar refractivity (Wildman–Crippen MR) is 140 cm³/mol. The maximum absolute atomic E-state index is 12.7. The molecule has 2 aliphatic rings. The van der Waals surface area contributed by atoms with Crippen LogP contribution in [0.5, 0.6) is 5.75 Å². The van der Waals surface area contributed by atoms with Gasteiger partial charge in [0, 0.05) is 29.4 Å². The molecule has 1 unspecified atom stereocenters. The smallest absolute Gasteiger partial charge is 0.264 e. The van der Waals surface area contributed by atoms with E-state index in [1.54, 1.807) is 7.11 Å². The number of thioether (sulfide) groups is 1. The molecule has 2 heterocycles. The van der Waals surface area contributed by atoms with Gasteiger partial charge >= 0.3 is 0 Å². The highest BCUT2D eigenvalue weighted by Gasteiger charge is 2.36. The molecule has 0 aliphatic carbocycles. The minimum atomic E-state index is -0.131. The summed E-state index contributed by atoms with van der Waals surface area (Å²) in [5.41, 5.74) is 5.50. The number of anilines is 1. The number of aliphatic imine (C=N–C) groups is 1. The molecule has 1 fully saturated rings. The Morgan fingerprint density at radius 2 is 2.06 bits per heavy atom. The Morgan fingerprint density at radius 1 is 1.30 bits per heavy atom. The number of benzene rings is 2. The number of hydrogen-bond acceptors (Lipinski definition) is 5. The minimum absolute atomic E-state index is 0.0928. The molecule has 1 saturated heterocycles. The van der Waals surface area contributed by atoms with Gasteiger partial charge in [-0.05, 0) is 80.6 Å². The first kappa shape index (κ1) is 23.4. The fraction of sp³-hybridized carbons (Fsp3) is 0.407. The van der Waals surface area contributed by atoms with Crippen molar-refractivity contribution in [3.8, 4) is 5.75 Å². The number of amides is 1. The molecule has 1 N–H and O–H groups in total. The third-order valence-corrected chi connectivity index (χ3v) is 7.37. The lowest BCUT2D eigenvalue weighted by Crippen LogP contribution is -2.48. The molecule has 6 heteroatoms. The largest absolute Gasteiger partial charge is 0.496 e. The predicted octanol–water partition coefficient (Wildman–Crippen LogP) is 6.40. The highest BCUT2D eigenvalue weighted by Crippen LogP contribution is 2.46. The number of ether oxygens (including phenoxy) is 1. The molecule has 33 heavy (non-hydrogen) atoms. The SMILES string of the molecule is CCCN1c2cc(OC)c(/C=C3/SC(=Nc4ccccc4C)NC3=O)cc2C(C)CC1(C)C.